The first-order valence-corrected chi connectivity index (χ1v) is 10.5. The van der Waals surface area contributed by atoms with Crippen molar-refractivity contribution in [2.24, 2.45) is 0 Å². The molecule has 5 rings (SSSR count). The van der Waals surface area contributed by atoms with Gasteiger partial charge in [-0.15, -0.1) is 0 Å². The average molecular weight is 434 g/mol. The number of halogens is 2. The average Bonchev–Trinajstić information content (AvgIpc) is 3.03. The summed E-state index contributed by atoms with van der Waals surface area (Å²) in [5.41, 5.74) is 1.63. The van der Waals surface area contributed by atoms with Crippen molar-refractivity contribution in [2.75, 3.05) is 26.2 Å². The second kappa shape index (κ2) is 7.59. The van der Waals surface area contributed by atoms with Crippen molar-refractivity contribution in [2.45, 2.75) is 25.0 Å². The van der Waals surface area contributed by atoms with E-state index >= 15 is 0 Å². The molecule has 29 heavy (non-hydrogen) atoms. The van der Waals surface area contributed by atoms with Gasteiger partial charge in [0, 0.05) is 41.8 Å². The van der Waals surface area contributed by atoms with Gasteiger partial charge in [0.05, 0.1) is 11.0 Å². The lowest BCUT2D eigenvalue weighted by molar-refractivity contribution is 0.0485. The van der Waals surface area contributed by atoms with Gasteiger partial charge < -0.3 is 14.5 Å². The van der Waals surface area contributed by atoms with E-state index in [9.17, 15) is 4.79 Å². The lowest BCUT2D eigenvalue weighted by Gasteiger charge is -2.36. The fourth-order valence-corrected chi connectivity index (χ4v) is 4.63. The van der Waals surface area contributed by atoms with E-state index in [0.717, 1.165) is 49.3 Å². The third-order valence-electron chi connectivity index (χ3n) is 5.69. The highest BCUT2D eigenvalue weighted by molar-refractivity contribution is 6.31. The molecule has 0 saturated carbocycles. The van der Waals surface area contributed by atoms with Crippen molar-refractivity contribution in [3.05, 3.63) is 56.9 Å². The minimum Gasteiger partial charge on any atom is -0.486 e. The topological polar surface area (TPSA) is 59.5 Å². The van der Waals surface area contributed by atoms with Crippen LogP contribution in [-0.4, -0.2) is 46.8 Å². The highest BCUT2D eigenvalue weighted by atomic mass is 35.5. The summed E-state index contributed by atoms with van der Waals surface area (Å²) in [7, 11) is 0. The number of likely N-dealkylation sites (tertiary alicyclic amines) is 1. The maximum absolute atomic E-state index is 12.5. The fraction of sp³-hybridized carbons (Fsp3) is 0.381. The van der Waals surface area contributed by atoms with Crippen LogP contribution in [0.15, 0.2) is 41.2 Å². The van der Waals surface area contributed by atoms with Crippen LogP contribution in [0.2, 0.25) is 10.0 Å². The van der Waals surface area contributed by atoms with Crippen molar-refractivity contribution in [1.82, 2.24) is 14.5 Å². The summed E-state index contributed by atoms with van der Waals surface area (Å²) in [4.78, 5) is 17.8. The molecule has 1 unspecified atom stereocenters. The van der Waals surface area contributed by atoms with Crippen LogP contribution in [0.4, 0.5) is 0 Å². The Labute approximate surface area is 177 Å². The van der Waals surface area contributed by atoms with Crippen LogP contribution in [-0.2, 0) is 0 Å². The Kier molecular flexibility index (Phi) is 4.94. The Hall–Kier alpha value is -2.15. The molecular formula is C21H21Cl2N3O3. The Morgan fingerprint density at radius 1 is 1.03 bits per heavy atom. The molecule has 0 amide bonds. The van der Waals surface area contributed by atoms with Crippen molar-refractivity contribution in [1.29, 1.82) is 0 Å². The molecule has 0 bridgehead atoms. The number of aromatic amines is 1. The summed E-state index contributed by atoms with van der Waals surface area (Å²) in [6, 6.07) is 11.2. The van der Waals surface area contributed by atoms with E-state index in [2.05, 4.69) is 9.88 Å². The van der Waals surface area contributed by atoms with Gasteiger partial charge in [-0.3, -0.25) is 9.47 Å². The molecule has 152 valence electrons. The monoisotopic (exact) mass is 433 g/mol. The number of nitrogens with zero attached hydrogens (tertiary/aromatic N) is 2. The Morgan fingerprint density at radius 2 is 1.79 bits per heavy atom. The lowest BCUT2D eigenvalue weighted by Crippen LogP contribution is -2.45. The number of benzene rings is 2. The molecule has 0 aliphatic carbocycles. The standard InChI is InChI=1S/C21H21Cl2N3O3/c22-13-1-3-18-17(9-13)24-21(27)26(18)15-5-7-25(8-6-15)11-16-12-28-19-4-2-14(23)10-20(19)29-16/h1-4,9-10,15-16H,5-8,11-12H2,(H,24,27). The Bertz CT molecular complexity index is 1100. The van der Waals surface area contributed by atoms with Crippen molar-refractivity contribution < 1.29 is 9.47 Å². The zero-order valence-electron chi connectivity index (χ0n) is 15.7. The van der Waals surface area contributed by atoms with Crippen LogP contribution in [0.3, 0.4) is 0 Å². The number of piperidine rings is 1. The molecule has 3 heterocycles. The summed E-state index contributed by atoms with van der Waals surface area (Å²) in [5, 5.41) is 1.26. The van der Waals surface area contributed by atoms with E-state index in [1.54, 1.807) is 18.2 Å². The summed E-state index contributed by atoms with van der Waals surface area (Å²) in [5.74, 6) is 1.44. The van der Waals surface area contributed by atoms with Crippen LogP contribution < -0.4 is 15.2 Å². The summed E-state index contributed by atoms with van der Waals surface area (Å²) in [6.45, 7) is 3.12. The molecule has 2 aromatic carbocycles. The van der Waals surface area contributed by atoms with Gasteiger partial charge in [-0.1, -0.05) is 23.2 Å². The van der Waals surface area contributed by atoms with Gasteiger partial charge in [0.25, 0.3) is 0 Å². The van der Waals surface area contributed by atoms with Gasteiger partial charge in [0.15, 0.2) is 11.5 Å². The fourth-order valence-electron chi connectivity index (χ4n) is 4.29. The molecule has 1 atom stereocenters. The van der Waals surface area contributed by atoms with Gasteiger partial charge in [-0.2, -0.15) is 0 Å². The molecule has 1 N–H and O–H groups in total. The quantitative estimate of drug-likeness (QED) is 0.674. The number of imidazole rings is 1. The number of rotatable bonds is 3. The largest absolute Gasteiger partial charge is 0.486 e. The van der Waals surface area contributed by atoms with Crippen molar-refractivity contribution >= 4 is 34.2 Å². The molecular weight excluding hydrogens is 413 g/mol. The van der Waals surface area contributed by atoms with Gasteiger partial charge in [0.2, 0.25) is 0 Å². The Morgan fingerprint density at radius 3 is 2.62 bits per heavy atom. The van der Waals surface area contributed by atoms with E-state index in [4.69, 9.17) is 32.7 Å². The summed E-state index contributed by atoms with van der Waals surface area (Å²) >= 11 is 12.1. The zero-order chi connectivity index (χ0) is 20.0. The first-order valence-electron chi connectivity index (χ1n) is 9.78. The van der Waals surface area contributed by atoms with Gasteiger partial charge in [0.1, 0.15) is 12.7 Å². The highest BCUT2D eigenvalue weighted by Gasteiger charge is 2.28. The number of nitrogens with one attached hydrogen (secondary N) is 1. The molecule has 8 heteroatoms. The van der Waals surface area contributed by atoms with Crippen molar-refractivity contribution in [3.63, 3.8) is 0 Å². The first kappa shape index (κ1) is 18.9. The predicted molar refractivity (Wildman–Crippen MR) is 114 cm³/mol. The number of H-pyrrole nitrogens is 1. The molecule has 1 saturated heterocycles. The SMILES string of the molecule is O=c1[nH]c2cc(Cl)ccc2n1C1CCN(CC2COc3ccc(Cl)cc3O2)CC1. The van der Waals surface area contributed by atoms with E-state index in [1.807, 2.05) is 22.8 Å². The number of ether oxygens (including phenoxy) is 2. The number of hydrogen-bond acceptors (Lipinski definition) is 4. The number of hydrogen-bond donors (Lipinski definition) is 1. The smallest absolute Gasteiger partial charge is 0.326 e. The molecule has 0 radical (unpaired) electrons. The zero-order valence-corrected chi connectivity index (χ0v) is 17.2. The number of fused-ring (bicyclic) bond motifs is 2. The van der Waals surface area contributed by atoms with Crippen LogP contribution in [0.1, 0.15) is 18.9 Å². The molecule has 2 aliphatic heterocycles. The molecule has 0 spiro atoms. The van der Waals surface area contributed by atoms with E-state index < -0.39 is 0 Å². The van der Waals surface area contributed by atoms with Crippen LogP contribution in [0.5, 0.6) is 11.5 Å². The highest BCUT2D eigenvalue weighted by Crippen LogP contribution is 2.34. The van der Waals surface area contributed by atoms with E-state index in [1.165, 1.54) is 0 Å². The lowest BCUT2D eigenvalue weighted by atomic mass is 10.0. The normalized spacial score (nSPS) is 20.3. The van der Waals surface area contributed by atoms with E-state index in [-0.39, 0.29) is 17.8 Å². The van der Waals surface area contributed by atoms with Crippen LogP contribution in [0, 0.1) is 0 Å². The third-order valence-corrected chi connectivity index (χ3v) is 6.16. The van der Waals surface area contributed by atoms with Gasteiger partial charge in [-0.05, 0) is 43.2 Å². The van der Waals surface area contributed by atoms with E-state index in [0.29, 0.717) is 22.4 Å². The molecule has 1 fully saturated rings. The number of aromatic nitrogens is 2. The first-order chi connectivity index (χ1) is 14.1. The van der Waals surface area contributed by atoms with Crippen LogP contribution in [0.25, 0.3) is 11.0 Å². The van der Waals surface area contributed by atoms with Crippen LogP contribution >= 0.6 is 23.2 Å². The molecule has 1 aromatic heterocycles. The van der Waals surface area contributed by atoms with Crippen molar-refractivity contribution in [3.8, 4) is 11.5 Å². The third kappa shape index (κ3) is 3.72. The Balaban J connectivity index is 1.24. The minimum atomic E-state index is -0.0711. The molecule has 2 aliphatic rings. The summed E-state index contributed by atoms with van der Waals surface area (Å²) in [6.07, 6.45) is 1.78. The second-order valence-electron chi connectivity index (χ2n) is 7.64. The second-order valence-corrected chi connectivity index (χ2v) is 8.51. The molecule has 3 aromatic rings. The maximum Gasteiger partial charge on any atom is 0.326 e. The molecule has 6 nitrogen and oxygen atoms in total. The van der Waals surface area contributed by atoms with Gasteiger partial charge >= 0.3 is 5.69 Å². The minimum absolute atomic E-state index is 0.0320. The summed E-state index contributed by atoms with van der Waals surface area (Å²) < 4.78 is 13.8. The van der Waals surface area contributed by atoms with Gasteiger partial charge in [-0.25, -0.2) is 4.79 Å². The predicted octanol–water partition coefficient (Wildman–Crippen LogP) is 4.11. The maximum atomic E-state index is 12.5.